The van der Waals surface area contributed by atoms with Crippen molar-refractivity contribution >= 4 is 69.6 Å². The van der Waals surface area contributed by atoms with Gasteiger partial charge >= 0.3 is 0 Å². The van der Waals surface area contributed by atoms with Gasteiger partial charge in [-0.05, 0) is 12.8 Å². The van der Waals surface area contributed by atoms with E-state index in [1.807, 2.05) is 0 Å². The van der Waals surface area contributed by atoms with Crippen molar-refractivity contribution in [2.45, 2.75) is 59.5 Å². The fourth-order valence-electron chi connectivity index (χ4n) is 1.52. The Hall–Kier alpha value is 1.74. The van der Waals surface area contributed by atoms with E-state index in [9.17, 15) is 0 Å². The van der Waals surface area contributed by atoms with E-state index in [2.05, 4.69) is 0 Å². The standard InChI is InChI=1S/C11H18Cl6/c12-8-10(14)6-4-2-1-3-5-9(13)7-11(15,16)17/h9-10H,1-8H2/t9-,10+/m1/s1. The second-order valence-corrected chi connectivity index (χ2v) is 8.22. The summed E-state index contributed by atoms with van der Waals surface area (Å²) in [5.41, 5.74) is 0. The monoisotopic (exact) mass is 360 g/mol. The average molecular weight is 363 g/mol. The molecule has 0 aromatic rings. The normalized spacial score (nSPS) is 15.9. The van der Waals surface area contributed by atoms with Crippen LogP contribution in [0.3, 0.4) is 0 Å². The molecular formula is C11H18Cl6. The SMILES string of the molecule is ClC[C@@H](Cl)CCCCCC[C@@H](Cl)CC(Cl)(Cl)Cl. The van der Waals surface area contributed by atoms with E-state index in [0.29, 0.717) is 12.3 Å². The summed E-state index contributed by atoms with van der Waals surface area (Å²) in [5, 5.41) is 0.0351. The first-order valence-electron chi connectivity index (χ1n) is 5.76. The molecule has 0 nitrogen and oxygen atoms in total. The van der Waals surface area contributed by atoms with Crippen molar-refractivity contribution in [3.63, 3.8) is 0 Å². The number of rotatable bonds is 9. The zero-order valence-electron chi connectivity index (χ0n) is 9.58. The Labute approximate surface area is 134 Å². The van der Waals surface area contributed by atoms with Crippen LogP contribution in [0.1, 0.15) is 44.9 Å². The van der Waals surface area contributed by atoms with Gasteiger partial charge in [-0.15, -0.1) is 34.8 Å². The first-order valence-corrected chi connectivity index (χ1v) is 8.30. The molecular weight excluding hydrogens is 345 g/mol. The molecule has 0 saturated heterocycles. The highest BCUT2D eigenvalue weighted by atomic mass is 35.6. The van der Waals surface area contributed by atoms with Crippen molar-refractivity contribution in [3.05, 3.63) is 0 Å². The molecule has 0 aliphatic heterocycles. The second kappa shape index (κ2) is 10.5. The molecule has 0 aromatic heterocycles. The largest absolute Gasteiger partial charge is 0.192 e. The van der Waals surface area contributed by atoms with Crippen LogP contribution in [0.25, 0.3) is 0 Å². The van der Waals surface area contributed by atoms with E-state index in [-0.39, 0.29) is 10.8 Å². The van der Waals surface area contributed by atoms with Crippen LogP contribution in [-0.2, 0) is 0 Å². The topological polar surface area (TPSA) is 0 Å². The van der Waals surface area contributed by atoms with Gasteiger partial charge in [-0.2, -0.15) is 0 Å². The maximum atomic E-state index is 6.06. The Morgan fingerprint density at radius 3 is 1.65 bits per heavy atom. The van der Waals surface area contributed by atoms with Gasteiger partial charge in [-0.25, -0.2) is 0 Å². The molecule has 2 atom stereocenters. The molecule has 6 heteroatoms. The second-order valence-electron chi connectivity index (χ2n) is 4.16. The van der Waals surface area contributed by atoms with Gasteiger partial charge in [0.15, 0.2) is 3.79 Å². The minimum atomic E-state index is -1.24. The molecule has 0 N–H and O–H groups in total. The summed E-state index contributed by atoms with van der Waals surface area (Å²) in [4.78, 5) is 0. The van der Waals surface area contributed by atoms with E-state index in [1.165, 1.54) is 0 Å². The lowest BCUT2D eigenvalue weighted by atomic mass is 10.1. The lowest BCUT2D eigenvalue weighted by Crippen LogP contribution is -2.11. The van der Waals surface area contributed by atoms with Crippen LogP contribution in [-0.4, -0.2) is 20.4 Å². The fourth-order valence-corrected chi connectivity index (χ4v) is 3.01. The first kappa shape index (κ1) is 18.7. The molecule has 0 aliphatic rings. The van der Waals surface area contributed by atoms with Gasteiger partial charge in [-0.1, -0.05) is 60.5 Å². The van der Waals surface area contributed by atoms with E-state index < -0.39 is 3.79 Å². The maximum Gasteiger partial charge on any atom is 0.192 e. The summed E-state index contributed by atoms with van der Waals surface area (Å²) in [6, 6.07) is 0. The van der Waals surface area contributed by atoms with Crippen LogP contribution in [0, 0.1) is 0 Å². The molecule has 0 heterocycles. The van der Waals surface area contributed by atoms with Crippen molar-refractivity contribution in [1.82, 2.24) is 0 Å². The molecule has 0 unspecified atom stereocenters. The molecule has 0 rings (SSSR count). The minimum absolute atomic E-state index is 0.0638. The van der Waals surface area contributed by atoms with Crippen LogP contribution in [0.4, 0.5) is 0 Å². The molecule has 17 heavy (non-hydrogen) atoms. The molecule has 0 radical (unpaired) electrons. The quantitative estimate of drug-likeness (QED) is 0.322. The highest BCUT2D eigenvalue weighted by molar-refractivity contribution is 6.67. The number of halogens is 6. The van der Waals surface area contributed by atoms with Crippen molar-refractivity contribution in [2.24, 2.45) is 0 Å². The molecule has 0 saturated carbocycles. The molecule has 0 spiro atoms. The molecule has 0 aliphatic carbocycles. The minimum Gasteiger partial charge on any atom is -0.125 e. The Morgan fingerprint density at radius 1 is 0.765 bits per heavy atom. The van der Waals surface area contributed by atoms with Crippen molar-refractivity contribution in [3.8, 4) is 0 Å². The number of hydrogen-bond donors (Lipinski definition) is 0. The highest BCUT2D eigenvalue weighted by Crippen LogP contribution is 2.34. The zero-order valence-corrected chi connectivity index (χ0v) is 14.1. The summed E-state index contributed by atoms with van der Waals surface area (Å²) in [6.45, 7) is 0. The summed E-state index contributed by atoms with van der Waals surface area (Å²) in [6.07, 6.45) is 6.71. The lowest BCUT2D eigenvalue weighted by Gasteiger charge is -2.15. The van der Waals surface area contributed by atoms with E-state index in [4.69, 9.17) is 69.6 Å². The number of alkyl halides is 6. The molecule has 0 bridgehead atoms. The molecule has 104 valence electrons. The van der Waals surface area contributed by atoms with Gasteiger partial charge in [0.05, 0.1) is 0 Å². The third-order valence-electron chi connectivity index (χ3n) is 2.41. The molecule has 0 fully saturated rings. The van der Waals surface area contributed by atoms with Crippen LogP contribution in [0.2, 0.25) is 0 Å². The number of hydrogen-bond acceptors (Lipinski definition) is 0. The van der Waals surface area contributed by atoms with Crippen LogP contribution >= 0.6 is 69.6 Å². The van der Waals surface area contributed by atoms with Gasteiger partial charge < -0.3 is 0 Å². The fraction of sp³-hybridized carbons (Fsp3) is 1.00. The van der Waals surface area contributed by atoms with Crippen LogP contribution in [0.15, 0.2) is 0 Å². The zero-order chi connectivity index (χ0) is 13.3. The van der Waals surface area contributed by atoms with Gasteiger partial charge in [-0.3, -0.25) is 0 Å². The summed E-state index contributed by atoms with van der Waals surface area (Å²) >= 11 is 34.6. The Bertz CT molecular complexity index is 179. The van der Waals surface area contributed by atoms with Crippen molar-refractivity contribution in [1.29, 1.82) is 0 Å². The Balaban J connectivity index is 3.34. The lowest BCUT2D eigenvalue weighted by molar-refractivity contribution is 0.572. The smallest absolute Gasteiger partial charge is 0.125 e. The summed E-state index contributed by atoms with van der Waals surface area (Å²) < 4.78 is -1.24. The van der Waals surface area contributed by atoms with Gasteiger partial charge in [0.1, 0.15) is 0 Å². The van der Waals surface area contributed by atoms with E-state index in [0.717, 1.165) is 38.5 Å². The maximum absolute atomic E-state index is 6.06. The average Bonchev–Trinajstić information content (AvgIpc) is 2.20. The summed E-state index contributed by atoms with van der Waals surface area (Å²) in [7, 11) is 0. The van der Waals surface area contributed by atoms with Gasteiger partial charge in [0, 0.05) is 23.1 Å². The van der Waals surface area contributed by atoms with E-state index in [1.54, 1.807) is 0 Å². The predicted octanol–water partition coefficient (Wildman–Crippen LogP) is 6.54. The third kappa shape index (κ3) is 14.0. The van der Waals surface area contributed by atoms with Gasteiger partial charge in [0.2, 0.25) is 0 Å². The first-order chi connectivity index (χ1) is 7.85. The van der Waals surface area contributed by atoms with Crippen molar-refractivity contribution in [2.75, 3.05) is 5.88 Å². The van der Waals surface area contributed by atoms with Gasteiger partial charge in [0.25, 0.3) is 0 Å². The van der Waals surface area contributed by atoms with Crippen LogP contribution in [0.5, 0.6) is 0 Å². The van der Waals surface area contributed by atoms with Crippen LogP contribution < -0.4 is 0 Å². The predicted molar refractivity (Wildman–Crippen MR) is 82.6 cm³/mol. The summed E-state index contributed by atoms with van der Waals surface area (Å²) in [5.74, 6) is 0.522. The van der Waals surface area contributed by atoms with E-state index >= 15 is 0 Å². The Morgan fingerprint density at radius 2 is 1.24 bits per heavy atom. The number of unbranched alkanes of at least 4 members (excludes halogenated alkanes) is 3. The third-order valence-corrected chi connectivity index (χ3v) is 4.14. The highest BCUT2D eigenvalue weighted by Gasteiger charge is 2.23. The van der Waals surface area contributed by atoms with Crippen molar-refractivity contribution < 1.29 is 0 Å². The molecule has 0 amide bonds. The Kier molecular flexibility index (Phi) is 11.6. The molecule has 0 aromatic carbocycles.